The van der Waals surface area contributed by atoms with Crippen LogP contribution < -0.4 is 10.2 Å². The second-order valence-corrected chi connectivity index (χ2v) is 7.56. The summed E-state index contributed by atoms with van der Waals surface area (Å²) in [4.78, 5) is 11.5. The Kier molecular flexibility index (Phi) is 4.82. The zero-order valence-corrected chi connectivity index (χ0v) is 14.4. The molecule has 1 aliphatic heterocycles. The molecule has 3 rings (SSSR count). The first-order chi connectivity index (χ1) is 10.2. The van der Waals surface area contributed by atoms with Gasteiger partial charge in [-0.15, -0.1) is 11.3 Å². The fourth-order valence-corrected chi connectivity index (χ4v) is 4.26. The van der Waals surface area contributed by atoms with Crippen LogP contribution in [0.5, 0.6) is 0 Å². The largest absolute Gasteiger partial charge is 0.346 e. The maximum absolute atomic E-state index is 4.96. The van der Waals surface area contributed by atoms with Gasteiger partial charge in [0.05, 0.1) is 5.69 Å². The van der Waals surface area contributed by atoms with Crippen LogP contribution in [0.1, 0.15) is 50.1 Å². The molecule has 118 valence electrons. The fourth-order valence-electron chi connectivity index (χ4n) is 3.02. The van der Waals surface area contributed by atoms with E-state index in [1.165, 1.54) is 41.6 Å². The van der Waals surface area contributed by atoms with Crippen molar-refractivity contribution in [3.8, 4) is 0 Å². The third kappa shape index (κ3) is 3.58. The summed E-state index contributed by atoms with van der Waals surface area (Å²) in [7, 11) is 0. The van der Waals surface area contributed by atoms with E-state index in [0.717, 1.165) is 32.2 Å². The predicted molar refractivity (Wildman–Crippen MR) is 90.4 cm³/mol. The van der Waals surface area contributed by atoms with E-state index in [9.17, 15) is 0 Å². The van der Waals surface area contributed by atoms with Gasteiger partial charge in [0.1, 0.15) is 0 Å². The molecule has 2 aliphatic rings. The van der Waals surface area contributed by atoms with Crippen molar-refractivity contribution < 1.29 is 0 Å². The van der Waals surface area contributed by atoms with Crippen molar-refractivity contribution in [2.75, 3.05) is 37.6 Å². The molecule has 1 aromatic heterocycles. The highest BCUT2D eigenvalue weighted by Gasteiger charge is 2.32. The van der Waals surface area contributed by atoms with Crippen LogP contribution >= 0.6 is 11.3 Å². The van der Waals surface area contributed by atoms with Crippen LogP contribution in [0, 0.1) is 0 Å². The van der Waals surface area contributed by atoms with Crippen LogP contribution in [0.2, 0.25) is 0 Å². The number of hydrogen-bond acceptors (Lipinski definition) is 5. The molecule has 21 heavy (non-hydrogen) atoms. The Hall–Kier alpha value is -0.650. The summed E-state index contributed by atoms with van der Waals surface area (Å²) in [6.07, 6.45) is 2.84. The minimum Gasteiger partial charge on any atom is -0.346 e. The molecule has 0 atom stereocenters. The highest BCUT2D eigenvalue weighted by atomic mass is 32.1. The highest BCUT2D eigenvalue weighted by molar-refractivity contribution is 7.15. The Morgan fingerprint density at radius 3 is 2.52 bits per heavy atom. The Labute approximate surface area is 132 Å². The van der Waals surface area contributed by atoms with Gasteiger partial charge in [-0.1, -0.05) is 20.8 Å². The number of nitrogens with zero attached hydrogens (tertiary/aromatic N) is 3. The van der Waals surface area contributed by atoms with Crippen LogP contribution in [0.25, 0.3) is 0 Å². The molecule has 1 aliphatic carbocycles. The number of piperazine rings is 1. The monoisotopic (exact) mass is 308 g/mol. The van der Waals surface area contributed by atoms with Crippen LogP contribution in [0.3, 0.4) is 0 Å². The molecule has 1 saturated heterocycles. The van der Waals surface area contributed by atoms with E-state index in [-0.39, 0.29) is 0 Å². The lowest BCUT2D eigenvalue weighted by atomic mass is 10.1. The number of rotatable bonds is 6. The van der Waals surface area contributed by atoms with E-state index in [4.69, 9.17) is 4.98 Å². The molecule has 0 aromatic carbocycles. The molecule has 0 unspecified atom stereocenters. The molecule has 0 amide bonds. The summed E-state index contributed by atoms with van der Waals surface area (Å²) in [6.45, 7) is 13.3. The summed E-state index contributed by atoms with van der Waals surface area (Å²) >= 11 is 1.89. The quantitative estimate of drug-likeness (QED) is 0.875. The smallest absolute Gasteiger partial charge is 0.185 e. The van der Waals surface area contributed by atoms with Crippen molar-refractivity contribution in [3.05, 3.63) is 10.6 Å². The number of aromatic nitrogens is 1. The van der Waals surface area contributed by atoms with Crippen LogP contribution in [0.4, 0.5) is 5.13 Å². The van der Waals surface area contributed by atoms with Gasteiger partial charge in [0, 0.05) is 43.6 Å². The van der Waals surface area contributed by atoms with E-state index in [1.54, 1.807) is 0 Å². The van der Waals surface area contributed by atoms with Gasteiger partial charge in [-0.05, 0) is 25.3 Å². The van der Waals surface area contributed by atoms with Gasteiger partial charge in [-0.25, -0.2) is 4.98 Å². The topological polar surface area (TPSA) is 31.4 Å². The second kappa shape index (κ2) is 6.63. The average Bonchev–Trinajstić information content (AvgIpc) is 3.25. The fraction of sp³-hybridized carbons (Fsp3) is 0.812. The minimum absolute atomic E-state index is 0.511. The Bertz CT molecular complexity index is 459. The number of hydrogen-bond donors (Lipinski definition) is 1. The van der Waals surface area contributed by atoms with Crippen molar-refractivity contribution in [2.24, 2.45) is 0 Å². The SMILES string of the molecule is CCNCc1sc(N2CCN(C3CC3)CC2)nc1C(C)C. The summed E-state index contributed by atoms with van der Waals surface area (Å²) < 4.78 is 0. The summed E-state index contributed by atoms with van der Waals surface area (Å²) in [5.74, 6) is 0.511. The summed E-state index contributed by atoms with van der Waals surface area (Å²) in [5, 5.41) is 4.69. The maximum Gasteiger partial charge on any atom is 0.185 e. The number of nitrogens with one attached hydrogen (secondary N) is 1. The Balaban J connectivity index is 1.67. The third-order valence-electron chi connectivity index (χ3n) is 4.45. The Morgan fingerprint density at radius 1 is 1.24 bits per heavy atom. The molecule has 4 nitrogen and oxygen atoms in total. The van der Waals surface area contributed by atoms with Crippen molar-refractivity contribution in [1.29, 1.82) is 0 Å². The zero-order valence-electron chi connectivity index (χ0n) is 13.6. The minimum atomic E-state index is 0.511. The standard InChI is InChI=1S/C16H28N4S/c1-4-17-11-14-15(12(2)3)18-16(21-14)20-9-7-19(8-10-20)13-5-6-13/h12-13,17H,4-11H2,1-3H3. The lowest BCUT2D eigenvalue weighted by Crippen LogP contribution is -2.47. The molecular weight excluding hydrogens is 280 g/mol. The number of thiazole rings is 1. The third-order valence-corrected chi connectivity index (χ3v) is 5.58. The zero-order chi connectivity index (χ0) is 14.8. The van der Waals surface area contributed by atoms with Crippen LogP contribution in [0.15, 0.2) is 0 Å². The molecule has 2 heterocycles. The highest BCUT2D eigenvalue weighted by Crippen LogP contribution is 2.33. The predicted octanol–water partition coefficient (Wildman–Crippen LogP) is 2.66. The van der Waals surface area contributed by atoms with E-state index in [2.05, 4.69) is 35.9 Å². The summed E-state index contributed by atoms with van der Waals surface area (Å²) in [6, 6.07) is 0.902. The molecule has 0 bridgehead atoms. The van der Waals surface area contributed by atoms with Gasteiger partial charge in [-0.3, -0.25) is 4.90 Å². The van der Waals surface area contributed by atoms with Crippen molar-refractivity contribution >= 4 is 16.5 Å². The van der Waals surface area contributed by atoms with Gasteiger partial charge < -0.3 is 10.2 Å². The molecule has 1 saturated carbocycles. The lowest BCUT2D eigenvalue weighted by Gasteiger charge is -2.34. The first-order valence-electron chi connectivity index (χ1n) is 8.38. The van der Waals surface area contributed by atoms with E-state index < -0.39 is 0 Å². The molecule has 0 radical (unpaired) electrons. The van der Waals surface area contributed by atoms with Crippen LogP contribution in [-0.4, -0.2) is 48.6 Å². The van der Waals surface area contributed by atoms with E-state index >= 15 is 0 Å². The second-order valence-electron chi connectivity index (χ2n) is 6.49. The molecule has 1 aromatic rings. The van der Waals surface area contributed by atoms with Gasteiger partial charge in [-0.2, -0.15) is 0 Å². The van der Waals surface area contributed by atoms with Gasteiger partial charge in [0.2, 0.25) is 0 Å². The molecule has 1 N–H and O–H groups in total. The molecule has 2 fully saturated rings. The lowest BCUT2D eigenvalue weighted by molar-refractivity contribution is 0.248. The Morgan fingerprint density at radius 2 is 1.95 bits per heavy atom. The average molecular weight is 308 g/mol. The molecular formula is C16H28N4S. The van der Waals surface area contributed by atoms with E-state index in [1.807, 2.05) is 11.3 Å². The van der Waals surface area contributed by atoms with Gasteiger partial charge >= 0.3 is 0 Å². The normalized spacial score (nSPS) is 20.5. The van der Waals surface area contributed by atoms with Gasteiger partial charge in [0.15, 0.2) is 5.13 Å². The van der Waals surface area contributed by atoms with Crippen molar-refractivity contribution in [1.82, 2.24) is 15.2 Å². The van der Waals surface area contributed by atoms with Crippen molar-refractivity contribution in [2.45, 2.75) is 52.1 Å². The molecule has 5 heteroatoms. The molecule has 0 spiro atoms. The van der Waals surface area contributed by atoms with Crippen molar-refractivity contribution in [3.63, 3.8) is 0 Å². The van der Waals surface area contributed by atoms with Crippen LogP contribution in [-0.2, 0) is 6.54 Å². The maximum atomic E-state index is 4.96. The van der Waals surface area contributed by atoms with Gasteiger partial charge in [0.25, 0.3) is 0 Å². The van der Waals surface area contributed by atoms with E-state index in [0.29, 0.717) is 5.92 Å². The number of anilines is 1. The summed E-state index contributed by atoms with van der Waals surface area (Å²) in [5.41, 5.74) is 1.29. The first-order valence-corrected chi connectivity index (χ1v) is 9.20. The first kappa shape index (κ1) is 15.3.